The highest BCUT2D eigenvalue weighted by atomic mass is 32.1. The van der Waals surface area contributed by atoms with Gasteiger partial charge in [-0.3, -0.25) is 0 Å². The molecule has 0 nitrogen and oxygen atoms in total. The maximum Gasteiger partial charge on any atom is 0.0351 e. The van der Waals surface area contributed by atoms with Crippen LogP contribution in [-0.4, -0.2) is 0 Å². The molecule has 0 amide bonds. The van der Waals surface area contributed by atoms with Gasteiger partial charge in [0, 0.05) is 9.58 Å². The van der Waals surface area contributed by atoms with Crippen molar-refractivity contribution < 1.29 is 0 Å². The third kappa shape index (κ3) is 1.60. The highest BCUT2D eigenvalue weighted by molar-refractivity contribution is 7.20. The topological polar surface area (TPSA) is 0 Å². The highest BCUT2D eigenvalue weighted by Crippen LogP contribution is 2.31. The Hall–Kier alpha value is -1.08. The van der Waals surface area contributed by atoms with Gasteiger partial charge in [0.25, 0.3) is 0 Å². The van der Waals surface area contributed by atoms with Gasteiger partial charge in [0.05, 0.1) is 0 Å². The first-order valence-electron chi connectivity index (χ1n) is 4.81. The Bertz CT molecular complexity index is 485. The third-order valence-electron chi connectivity index (χ3n) is 2.30. The summed E-state index contributed by atoms with van der Waals surface area (Å²) >= 11 is 1.88. The lowest BCUT2D eigenvalue weighted by Gasteiger charge is -1.92. The zero-order valence-corrected chi connectivity index (χ0v) is 9.61. The summed E-state index contributed by atoms with van der Waals surface area (Å²) in [5.41, 5.74) is 2.77. The molecule has 0 saturated carbocycles. The van der Waals surface area contributed by atoms with E-state index in [1.54, 1.807) is 0 Å². The second-order valence-electron chi connectivity index (χ2n) is 3.81. The van der Waals surface area contributed by atoms with Gasteiger partial charge in [-0.05, 0) is 43.9 Å². The molecule has 1 aromatic carbocycles. The van der Waals surface area contributed by atoms with Crippen LogP contribution in [0.2, 0.25) is 0 Å². The zero-order valence-electron chi connectivity index (χ0n) is 8.79. The molecule has 0 atom stereocenters. The van der Waals surface area contributed by atoms with Gasteiger partial charge in [-0.15, -0.1) is 11.3 Å². The molecule has 2 rings (SSSR count). The fraction of sp³-hybridized carbons (Fsp3) is 0.231. The van der Waals surface area contributed by atoms with Crippen molar-refractivity contribution in [2.24, 2.45) is 0 Å². The minimum absolute atomic E-state index is 1.36. The molecule has 0 unspecified atom stereocenters. The average Bonchev–Trinajstić information content (AvgIpc) is 2.44. The average molecular weight is 202 g/mol. The lowest BCUT2D eigenvalue weighted by molar-refractivity contribution is 1.42. The number of aryl methyl sites for hydroxylation is 1. The fourth-order valence-corrected chi connectivity index (χ4v) is 2.87. The predicted molar refractivity (Wildman–Crippen MR) is 65.9 cm³/mol. The van der Waals surface area contributed by atoms with E-state index < -0.39 is 0 Å². The number of rotatable bonds is 1. The number of hydrogen-bond donors (Lipinski definition) is 0. The molecule has 1 heteroatoms. The molecule has 0 radical (unpaired) electrons. The quantitative estimate of drug-likeness (QED) is 0.632. The summed E-state index contributed by atoms with van der Waals surface area (Å²) in [6, 6.07) is 8.59. The van der Waals surface area contributed by atoms with Crippen molar-refractivity contribution in [3.63, 3.8) is 0 Å². The van der Waals surface area contributed by atoms with Crippen LogP contribution in [-0.2, 0) is 0 Å². The molecule has 2 aromatic rings. The Morgan fingerprint density at radius 2 is 1.93 bits per heavy atom. The molecule has 0 aliphatic heterocycles. The van der Waals surface area contributed by atoms with Crippen molar-refractivity contribution in [1.29, 1.82) is 0 Å². The minimum atomic E-state index is 1.36. The van der Waals surface area contributed by atoms with Crippen LogP contribution in [0.25, 0.3) is 16.2 Å². The summed E-state index contributed by atoms with van der Waals surface area (Å²) < 4.78 is 1.39. The van der Waals surface area contributed by atoms with E-state index in [1.165, 1.54) is 26.1 Å². The highest BCUT2D eigenvalue weighted by Gasteiger charge is 2.04. The first-order chi connectivity index (χ1) is 6.68. The number of hydrogen-bond acceptors (Lipinski definition) is 1. The molecule has 1 aromatic heterocycles. The number of allylic oxidation sites excluding steroid dienone is 1. The summed E-state index contributed by atoms with van der Waals surface area (Å²) in [4.78, 5) is 1.39. The van der Waals surface area contributed by atoms with Gasteiger partial charge >= 0.3 is 0 Å². The van der Waals surface area contributed by atoms with Crippen LogP contribution < -0.4 is 0 Å². The lowest BCUT2D eigenvalue weighted by Crippen LogP contribution is -1.71. The van der Waals surface area contributed by atoms with E-state index in [1.807, 2.05) is 11.3 Å². The molecule has 72 valence electrons. The number of thiophene rings is 1. The van der Waals surface area contributed by atoms with Crippen LogP contribution in [0.15, 0.2) is 29.8 Å². The molecule has 0 aliphatic rings. The predicted octanol–water partition coefficient (Wildman–Crippen LogP) is 4.63. The Morgan fingerprint density at radius 1 is 1.21 bits per heavy atom. The van der Waals surface area contributed by atoms with Gasteiger partial charge in [0.1, 0.15) is 0 Å². The Kier molecular flexibility index (Phi) is 2.42. The van der Waals surface area contributed by atoms with Gasteiger partial charge in [-0.1, -0.05) is 23.8 Å². The first-order valence-corrected chi connectivity index (χ1v) is 5.63. The summed E-state index contributed by atoms with van der Waals surface area (Å²) in [6.45, 7) is 6.49. The second kappa shape index (κ2) is 3.58. The van der Waals surface area contributed by atoms with Gasteiger partial charge < -0.3 is 0 Å². The van der Waals surface area contributed by atoms with Crippen LogP contribution in [0, 0.1) is 6.92 Å². The largest absolute Gasteiger partial charge is 0.136 e. The Morgan fingerprint density at radius 3 is 2.57 bits per heavy atom. The van der Waals surface area contributed by atoms with Crippen molar-refractivity contribution in [2.45, 2.75) is 20.8 Å². The fourth-order valence-electron chi connectivity index (χ4n) is 1.59. The van der Waals surface area contributed by atoms with E-state index in [0.717, 1.165) is 0 Å². The van der Waals surface area contributed by atoms with Crippen LogP contribution in [0.5, 0.6) is 0 Å². The van der Waals surface area contributed by atoms with Crippen LogP contribution in [0.4, 0.5) is 0 Å². The summed E-state index contributed by atoms with van der Waals surface area (Å²) in [6.07, 6.45) is 2.26. The summed E-state index contributed by atoms with van der Waals surface area (Å²) in [5.74, 6) is 0. The van der Waals surface area contributed by atoms with Gasteiger partial charge in [-0.2, -0.15) is 0 Å². The number of benzene rings is 1. The van der Waals surface area contributed by atoms with E-state index in [9.17, 15) is 0 Å². The third-order valence-corrected chi connectivity index (χ3v) is 3.52. The molecule has 1 heterocycles. The summed E-state index contributed by atoms with van der Waals surface area (Å²) in [7, 11) is 0. The normalized spacial score (nSPS) is 10.5. The monoisotopic (exact) mass is 202 g/mol. The van der Waals surface area contributed by atoms with Crippen molar-refractivity contribution in [3.05, 3.63) is 40.3 Å². The van der Waals surface area contributed by atoms with Crippen molar-refractivity contribution in [1.82, 2.24) is 0 Å². The summed E-state index contributed by atoms with van der Waals surface area (Å²) in [5, 5.41) is 1.39. The molecule has 0 aliphatic carbocycles. The first kappa shape index (κ1) is 9.47. The molecule has 0 spiro atoms. The SMILES string of the molecule is CC(C)=Cc1sc2ccccc2c1C. The minimum Gasteiger partial charge on any atom is -0.136 e. The van der Waals surface area contributed by atoms with Gasteiger partial charge in [0.15, 0.2) is 0 Å². The Balaban J connectivity index is 2.69. The number of fused-ring (bicyclic) bond motifs is 1. The Labute approximate surface area is 88.9 Å². The molecular weight excluding hydrogens is 188 g/mol. The molecule has 0 fully saturated rings. The lowest BCUT2D eigenvalue weighted by atomic mass is 10.1. The van der Waals surface area contributed by atoms with Gasteiger partial charge in [-0.25, -0.2) is 0 Å². The molecule has 0 N–H and O–H groups in total. The smallest absolute Gasteiger partial charge is 0.0351 e. The van der Waals surface area contributed by atoms with Crippen LogP contribution in [0.1, 0.15) is 24.3 Å². The van der Waals surface area contributed by atoms with Crippen molar-refractivity contribution in [3.8, 4) is 0 Å². The van der Waals surface area contributed by atoms with Crippen LogP contribution in [0.3, 0.4) is 0 Å². The van der Waals surface area contributed by atoms with E-state index in [4.69, 9.17) is 0 Å². The standard InChI is InChI=1S/C13H14S/c1-9(2)8-13-10(3)11-6-4-5-7-12(11)14-13/h4-8H,1-3H3. The molecule has 14 heavy (non-hydrogen) atoms. The second-order valence-corrected chi connectivity index (χ2v) is 4.89. The van der Waals surface area contributed by atoms with Crippen LogP contribution >= 0.6 is 11.3 Å². The van der Waals surface area contributed by atoms with Crippen molar-refractivity contribution >= 4 is 27.5 Å². The van der Waals surface area contributed by atoms with E-state index >= 15 is 0 Å². The molecular formula is C13H14S. The maximum absolute atomic E-state index is 2.26. The molecule has 0 saturated heterocycles. The molecule has 0 bridgehead atoms. The van der Waals surface area contributed by atoms with Gasteiger partial charge in [0.2, 0.25) is 0 Å². The zero-order chi connectivity index (χ0) is 10.1. The van der Waals surface area contributed by atoms with E-state index in [-0.39, 0.29) is 0 Å². The maximum atomic E-state index is 2.26. The van der Waals surface area contributed by atoms with E-state index in [2.05, 4.69) is 51.1 Å². The van der Waals surface area contributed by atoms with Crippen molar-refractivity contribution in [2.75, 3.05) is 0 Å². The van der Waals surface area contributed by atoms with E-state index in [0.29, 0.717) is 0 Å².